The summed E-state index contributed by atoms with van der Waals surface area (Å²) in [6, 6.07) is 5.90. The highest BCUT2D eigenvalue weighted by Gasteiger charge is 2.34. The summed E-state index contributed by atoms with van der Waals surface area (Å²) in [5.74, 6) is 0. The van der Waals surface area contributed by atoms with E-state index < -0.39 is 16.2 Å². The van der Waals surface area contributed by atoms with Gasteiger partial charge in [0.1, 0.15) is 3.67 Å². The number of nitro groups is 1. The second kappa shape index (κ2) is 7.33. The van der Waals surface area contributed by atoms with Crippen molar-refractivity contribution in [3.8, 4) is 0 Å². The van der Waals surface area contributed by atoms with E-state index in [-0.39, 0.29) is 18.9 Å². The number of nitro benzene ring substituents is 1. The third-order valence-electron chi connectivity index (χ3n) is 2.27. The lowest BCUT2D eigenvalue weighted by atomic mass is 10.2. The molecular formula is C11H15INO5P. The molecule has 0 aliphatic heterocycles. The maximum absolute atomic E-state index is 12.5. The van der Waals surface area contributed by atoms with Crippen LogP contribution in [-0.2, 0) is 13.6 Å². The van der Waals surface area contributed by atoms with E-state index in [2.05, 4.69) is 0 Å². The molecule has 0 radical (unpaired) electrons. The third-order valence-corrected chi connectivity index (χ3v) is 7.13. The quantitative estimate of drug-likeness (QED) is 0.225. The molecule has 0 bridgehead atoms. The fraction of sp³-hybridized carbons (Fsp3) is 0.455. The van der Waals surface area contributed by atoms with E-state index in [1.807, 2.05) is 22.6 Å². The Bertz CT molecular complexity index is 468. The number of hydrogen-bond donors (Lipinski definition) is 0. The summed E-state index contributed by atoms with van der Waals surface area (Å²) in [5.41, 5.74) is 0.673. The van der Waals surface area contributed by atoms with E-state index in [0.29, 0.717) is 5.56 Å². The number of nitrogens with zero attached hydrogens (tertiary/aromatic N) is 1. The molecule has 106 valence electrons. The number of alkyl halides is 1. The Hall–Kier alpha value is -0.500. The van der Waals surface area contributed by atoms with Crippen molar-refractivity contribution in [2.75, 3.05) is 13.2 Å². The minimum Gasteiger partial charge on any atom is -0.308 e. The molecule has 8 heteroatoms. The van der Waals surface area contributed by atoms with Gasteiger partial charge < -0.3 is 9.05 Å². The standard InChI is InChI=1S/C11H15INO5P/c1-3-17-19(16,18-4-2)11(12)9-5-7-10(8-6-9)13(14)15/h5-8,11H,3-4H2,1-2H3. The van der Waals surface area contributed by atoms with Crippen molar-refractivity contribution < 1.29 is 18.5 Å². The normalized spacial score (nSPS) is 13.2. The molecule has 19 heavy (non-hydrogen) atoms. The Morgan fingerprint density at radius 2 is 1.74 bits per heavy atom. The van der Waals surface area contributed by atoms with E-state index in [0.717, 1.165) is 0 Å². The van der Waals surface area contributed by atoms with E-state index in [9.17, 15) is 14.7 Å². The molecule has 0 amide bonds. The minimum absolute atomic E-state index is 0.00463. The van der Waals surface area contributed by atoms with Crippen LogP contribution in [0.25, 0.3) is 0 Å². The van der Waals surface area contributed by atoms with Crippen LogP contribution in [0.1, 0.15) is 23.1 Å². The average Bonchev–Trinajstić information content (AvgIpc) is 2.38. The predicted molar refractivity (Wildman–Crippen MR) is 80.7 cm³/mol. The van der Waals surface area contributed by atoms with Gasteiger partial charge in [-0.2, -0.15) is 0 Å². The highest BCUT2D eigenvalue weighted by atomic mass is 127. The fourth-order valence-corrected chi connectivity index (χ4v) is 4.44. The maximum atomic E-state index is 12.5. The molecule has 0 aliphatic carbocycles. The molecule has 1 atom stereocenters. The van der Waals surface area contributed by atoms with Crippen molar-refractivity contribution in [2.24, 2.45) is 0 Å². The molecule has 0 heterocycles. The molecule has 6 nitrogen and oxygen atoms in total. The van der Waals surface area contributed by atoms with Crippen LogP contribution >= 0.6 is 30.2 Å². The van der Waals surface area contributed by atoms with Crippen LogP contribution in [0.3, 0.4) is 0 Å². The van der Waals surface area contributed by atoms with Crippen LogP contribution in [0.15, 0.2) is 24.3 Å². The first-order chi connectivity index (χ1) is 8.94. The molecular weight excluding hydrogens is 384 g/mol. The van der Waals surface area contributed by atoms with Crippen LogP contribution in [0, 0.1) is 10.1 Å². The van der Waals surface area contributed by atoms with Crippen molar-refractivity contribution >= 4 is 35.9 Å². The Labute approximate surface area is 125 Å². The van der Waals surface area contributed by atoms with Crippen molar-refractivity contribution in [2.45, 2.75) is 17.5 Å². The first-order valence-corrected chi connectivity index (χ1v) is 8.57. The Morgan fingerprint density at radius 3 is 2.11 bits per heavy atom. The van der Waals surface area contributed by atoms with Gasteiger partial charge in [-0.15, -0.1) is 0 Å². The zero-order valence-electron chi connectivity index (χ0n) is 10.6. The molecule has 0 saturated carbocycles. The van der Waals surface area contributed by atoms with E-state index >= 15 is 0 Å². The topological polar surface area (TPSA) is 78.7 Å². The van der Waals surface area contributed by atoms with Crippen LogP contribution in [0.2, 0.25) is 0 Å². The van der Waals surface area contributed by atoms with Crippen molar-refractivity contribution in [3.05, 3.63) is 39.9 Å². The van der Waals surface area contributed by atoms with Crippen LogP contribution in [0.5, 0.6) is 0 Å². The van der Waals surface area contributed by atoms with Gasteiger partial charge >= 0.3 is 7.60 Å². The first-order valence-electron chi connectivity index (χ1n) is 5.71. The lowest BCUT2D eigenvalue weighted by Crippen LogP contribution is -2.02. The predicted octanol–water partition coefficient (Wildman–Crippen LogP) is 4.29. The van der Waals surface area contributed by atoms with Gasteiger partial charge in [0.2, 0.25) is 0 Å². The maximum Gasteiger partial charge on any atom is 0.347 e. The highest BCUT2D eigenvalue weighted by molar-refractivity contribution is 14.1. The summed E-state index contributed by atoms with van der Waals surface area (Å²) < 4.78 is 22.6. The summed E-state index contributed by atoms with van der Waals surface area (Å²) in [7, 11) is -3.25. The number of hydrogen-bond acceptors (Lipinski definition) is 5. The largest absolute Gasteiger partial charge is 0.347 e. The Morgan fingerprint density at radius 1 is 1.26 bits per heavy atom. The van der Waals surface area contributed by atoms with E-state index in [1.54, 1.807) is 26.0 Å². The van der Waals surface area contributed by atoms with Crippen LogP contribution in [-0.4, -0.2) is 18.1 Å². The third kappa shape index (κ3) is 4.24. The molecule has 0 saturated heterocycles. The first kappa shape index (κ1) is 16.6. The number of rotatable bonds is 7. The second-order valence-electron chi connectivity index (χ2n) is 3.56. The van der Waals surface area contributed by atoms with Crippen LogP contribution < -0.4 is 0 Å². The van der Waals surface area contributed by atoms with Crippen LogP contribution in [0.4, 0.5) is 5.69 Å². The van der Waals surface area contributed by atoms with Gasteiger partial charge in [0.25, 0.3) is 5.69 Å². The number of non-ortho nitro benzene ring substituents is 1. The Balaban J connectivity index is 2.99. The molecule has 0 aliphatic rings. The number of benzene rings is 1. The summed E-state index contributed by atoms with van der Waals surface area (Å²) in [5, 5.41) is 10.6. The number of halogens is 1. The highest BCUT2D eigenvalue weighted by Crippen LogP contribution is 2.64. The average molecular weight is 399 g/mol. The minimum atomic E-state index is -3.25. The smallest absolute Gasteiger partial charge is 0.308 e. The van der Waals surface area contributed by atoms with E-state index in [4.69, 9.17) is 9.05 Å². The molecule has 1 rings (SSSR count). The van der Waals surface area contributed by atoms with Gasteiger partial charge in [-0.05, 0) is 19.4 Å². The van der Waals surface area contributed by atoms with E-state index in [1.165, 1.54) is 12.1 Å². The summed E-state index contributed by atoms with van der Waals surface area (Å²) >= 11 is 1.98. The molecule has 0 spiro atoms. The van der Waals surface area contributed by atoms with Gasteiger partial charge in [-0.25, -0.2) is 0 Å². The monoisotopic (exact) mass is 399 g/mol. The molecule has 0 fully saturated rings. The van der Waals surface area contributed by atoms with Gasteiger partial charge in [0, 0.05) is 12.1 Å². The SMILES string of the molecule is CCOP(=O)(OCC)C(I)c1ccc([N+](=O)[O-])cc1. The fourth-order valence-electron chi connectivity index (χ4n) is 1.47. The summed E-state index contributed by atoms with van der Waals surface area (Å²) in [6.45, 7) is 4.04. The summed E-state index contributed by atoms with van der Waals surface area (Å²) in [4.78, 5) is 10.1. The van der Waals surface area contributed by atoms with Crippen molar-refractivity contribution in [3.63, 3.8) is 0 Å². The molecule has 1 aromatic carbocycles. The lowest BCUT2D eigenvalue weighted by molar-refractivity contribution is -0.384. The van der Waals surface area contributed by atoms with Crippen molar-refractivity contribution in [1.82, 2.24) is 0 Å². The lowest BCUT2D eigenvalue weighted by Gasteiger charge is -2.22. The zero-order valence-corrected chi connectivity index (χ0v) is 13.7. The molecule has 1 unspecified atom stereocenters. The molecule has 0 aromatic heterocycles. The van der Waals surface area contributed by atoms with Gasteiger partial charge in [0.15, 0.2) is 0 Å². The Kier molecular flexibility index (Phi) is 6.38. The van der Waals surface area contributed by atoms with Gasteiger partial charge in [0.05, 0.1) is 18.1 Å². The second-order valence-corrected chi connectivity index (χ2v) is 7.90. The van der Waals surface area contributed by atoms with Gasteiger partial charge in [-0.3, -0.25) is 14.7 Å². The van der Waals surface area contributed by atoms with Crippen molar-refractivity contribution in [1.29, 1.82) is 0 Å². The van der Waals surface area contributed by atoms with Gasteiger partial charge in [-0.1, -0.05) is 34.7 Å². The summed E-state index contributed by atoms with van der Waals surface area (Å²) in [6.07, 6.45) is 0. The zero-order chi connectivity index (χ0) is 14.5. The molecule has 0 N–H and O–H groups in total. The molecule has 1 aromatic rings.